The van der Waals surface area contributed by atoms with Crippen LogP contribution >= 0.6 is 15.9 Å². The summed E-state index contributed by atoms with van der Waals surface area (Å²) in [6, 6.07) is 0. The number of nitrogens with zero attached hydrogens (tertiary/aromatic N) is 1. The molecule has 0 N–H and O–H groups in total. The number of ether oxygens (including phenoxy) is 1. The third-order valence-corrected chi connectivity index (χ3v) is 3.01. The van der Waals surface area contributed by atoms with Gasteiger partial charge in [-0.05, 0) is 12.8 Å². The van der Waals surface area contributed by atoms with Crippen LogP contribution in [0.5, 0.6) is 0 Å². The molecule has 2 fully saturated rings. The van der Waals surface area contributed by atoms with E-state index in [-0.39, 0.29) is 0 Å². The normalized spacial score (nSPS) is 29.9. The van der Waals surface area contributed by atoms with E-state index in [4.69, 9.17) is 4.74 Å². The fourth-order valence-electron chi connectivity index (χ4n) is 1.56. The van der Waals surface area contributed by atoms with Crippen LogP contribution in [0.3, 0.4) is 0 Å². The van der Waals surface area contributed by atoms with E-state index in [0.29, 0.717) is 29.9 Å². The number of halogens is 1. The lowest BCUT2D eigenvalue weighted by Crippen LogP contribution is -2.37. The van der Waals surface area contributed by atoms with Gasteiger partial charge >= 0.3 is 0 Å². The van der Waals surface area contributed by atoms with Gasteiger partial charge in [-0.1, -0.05) is 15.9 Å². The molecule has 4 heteroatoms. The second-order valence-electron chi connectivity index (χ2n) is 3.73. The Morgan fingerprint density at radius 3 is 2.92 bits per heavy atom. The van der Waals surface area contributed by atoms with Gasteiger partial charge in [0.25, 0.3) is 0 Å². The van der Waals surface area contributed by atoms with Crippen LogP contribution in [0.4, 0.5) is 0 Å². The van der Waals surface area contributed by atoms with Crippen molar-refractivity contribution in [3.8, 4) is 0 Å². The molecule has 0 bridgehead atoms. The largest absolute Gasteiger partial charge is 0.378 e. The minimum Gasteiger partial charge on any atom is -0.378 e. The van der Waals surface area contributed by atoms with E-state index in [1.54, 1.807) is 0 Å². The van der Waals surface area contributed by atoms with E-state index in [9.17, 15) is 4.79 Å². The Morgan fingerprint density at radius 1 is 1.46 bits per heavy atom. The molecule has 74 valence electrons. The predicted molar refractivity (Wildman–Crippen MR) is 52.8 cm³/mol. The van der Waals surface area contributed by atoms with Crippen LogP contribution < -0.4 is 0 Å². The number of rotatable bonds is 1. The third kappa shape index (κ3) is 2.44. The van der Waals surface area contributed by atoms with Crippen LogP contribution in [-0.4, -0.2) is 41.9 Å². The van der Waals surface area contributed by atoms with E-state index in [1.807, 2.05) is 4.90 Å². The fraction of sp³-hybridized carbons (Fsp3) is 0.889. The maximum Gasteiger partial charge on any atom is 0.225 e. The molecule has 0 spiro atoms. The fourth-order valence-corrected chi connectivity index (χ4v) is 2.09. The quantitative estimate of drug-likeness (QED) is 0.648. The number of carbonyl (C=O) groups excluding carboxylic acids is 1. The van der Waals surface area contributed by atoms with Gasteiger partial charge in [0.15, 0.2) is 0 Å². The molecule has 1 unspecified atom stereocenters. The van der Waals surface area contributed by atoms with E-state index >= 15 is 0 Å². The van der Waals surface area contributed by atoms with Crippen molar-refractivity contribution >= 4 is 21.8 Å². The molecule has 0 aromatic heterocycles. The van der Waals surface area contributed by atoms with Crippen LogP contribution in [0.2, 0.25) is 0 Å². The van der Waals surface area contributed by atoms with Crippen LogP contribution in [-0.2, 0) is 9.53 Å². The van der Waals surface area contributed by atoms with Crippen molar-refractivity contribution < 1.29 is 9.53 Å². The second-order valence-corrected chi connectivity index (χ2v) is 5.03. The Balaban J connectivity index is 1.91. The van der Waals surface area contributed by atoms with Crippen LogP contribution in [0.15, 0.2) is 0 Å². The molecule has 0 aromatic rings. The summed E-state index contributed by atoms with van der Waals surface area (Å²) in [6.45, 7) is 2.96. The molecule has 1 aliphatic heterocycles. The summed E-state index contributed by atoms with van der Waals surface area (Å²) in [4.78, 5) is 13.9. The van der Waals surface area contributed by atoms with Crippen molar-refractivity contribution in [3.05, 3.63) is 0 Å². The topological polar surface area (TPSA) is 29.5 Å². The predicted octanol–water partition coefficient (Wildman–Crippen LogP) is 1.02. The summed E-state index contributed by atoms with van der Waals surface area (Å²) >= 11 is 3.50. The molecule has 13 heavy (non-hydrogen) atoms. The van der Waals surface area contributed by atoms with E-state index in [2.05, 4.69) is 15.9 Å². The molecule has 0 aromatic carbocycles. The Morgan fingerprint density at radius 2 is 2.23 bits per heavy atom. The first-order valence-electron chi connectivity index (χ1n) is 4.78. The smallest absolute Gasteiger partial charge is 0.225 e. The maximum absolute atomic E-state index is 11.7. The first-order valence-corrected chi connectivity index (χ1v) is 5.69. The highest BCUT2D eigenvalue weighted by molar-refractivity contribution is 9.09. The molecular formula is C9H14BrNO2. The first kappa shape index (κ1) is 9.46. The zero-order chi connectivity index (χ0) is 9.26. The molecule has 1 saturated heterocycles. The average Bonchev–Trinajstić information content (AvgIpc) is 2.88. The standard InChI is InChI=1S/C9H14BrNO2/c10-8-5-11(3-4-13-6-8)9(12)7-1-2-7/h7-8H,1-6H2. The van der Waals surface area contributed by atoms with E-state index in [1.165, 1.54) is 0 Å². The lowest BCUT2D eigenvalue weighted by Gasteiger charge is -2.20. The Labute approximate surface area is 86.5 Å². The average molecular weight is 248 g/mol. The summed E-state index contributed by atoms with van der Waals surface area (Å²) in [5.41, 5.74) is 0. The molecular weight excluding hydrogens is 234 g/mol. The molecule has 3 nitrogen and oxygen atoms in total. The minimum absolute atomic E-state index is 0.303. The molecule has 2 rings (SSSR count). The van der Waals surface area contributed by atoms with Gasteiger partial charge in [0, 0.05) is 19.0 Å². The van der Waals surface area contributed by atoms with Gasteiger partial charge in [-0.15, -0.1) is 0 Å². The molecule has 0 radical (unpaired) electrons. The van der Waals surface area contributed by atoms with Crippen molar-refractivity contribution in [3.63, 3.8) is 0 Å². The zero-order valence-corrected chi connectivity index (χ0v) is 9.13. The number of alkyl halides is 1. The van der Waals surface area contributed by atoms with Crippen molar-refractivity contribution in [2.75, 3.05) is 26.3 Å². The van der Waals surface area contributed by atoms with Crippen molar-refractivity contribution in [2.24, 2.45) is 5.92 Å². The monoisotopic (exact) mass is 247 g/mol. The molecule has 1 amide bonds. The van der Waals surface area contributed by atoms with Crippen molar-refractivity contribution in [2.45, 2.75) is 17.7 Å². The molecule has 1 saturated carbocycles. The van der Waals surface area contributed by atoms with Gasteiger partial charge in [0.05, 0.1) is 18.0 Å². The third-order valence-electron chi connectivity index (χ3n) is 2.46. The molecule has 2 aliphatic rings. The van der Waals surface area contributed by atoms with Crippen molar-refractivity contribution in [1.29, 1.82) is 0 Å². The highest BCUT2D eigenvalue weighted by atomic mass is 79.9. The number of hydrogen-bond acceptors (Lipinski definition) is 2. The first-order chi connectivity index (χ1) is 6.27. The highest BCUT2D eigenvalue weighted by Gasteiger charge is 2.34. The Kier molecular flexibility index (Phi) is 2.89. The van der Waals surface area contributed by atoms with Crippen LogP contribution in [0.1, 0.15) is 12.8 Å². The van der Waals surface area contributed by atoms with Crippen LogP contribution in [0.25, 0.3) is 0 Å². The molecule has 1 aliphatic carbocycles. The van der Waals surface area contributed by atoms with Gasteiger partial charge in [-0.25, -0.2) is 0 Å². The summed E-state index contributed by atoms with van der Waals surface area (Å²) in [5, 5.41) is 0. The summed E-state index contributed by atoms with van der Waals surface area (Å²) < 4.78 is 5.35. The lowest BCUT2D eigenvalue weighted by atomic mass is 10.3. The summed E-state index contributed by atoms with van der Waals surface area (Å²) in [7, 11) is 0. The summed E-state index contributed by atoms with van der Waals surface area (Å²) in [5.74, 6) is 0.660. The van der Waals surface area contributed by atoms with Gasteiger partial charge in [0.2, 0.25) is 5.91 Å². The zero-order valence-electron chi connectivity index (χ0n) is 7.54. The van der Waals surface area contributed by atoms with Crippen LogP contribution in [0, 0.1) is 5.92 Å². The SMILES string of the molecule is O=C(C1CC1)N1CCOCC(Br)C1. The Bertz CT molecular complexity index is 206. The maximum atomic E-state index is 11.7. The minimum atomic E-state index is 0.303. The summed E-state index contributed by atoms with van der Waals surface area (Å²) in [6.07, 6.45) is 2.17. The van der Waals surface area contributed by atoms with Gasteiger partial charge in [-0.3, -0.25) is 4.79 Å². The number of hydrogen-bond donors (Lipinski definition) is 0. The number of amides is 1. The van der Waals surface area contributed by atoms with Crippen molar-refractivity contribution in [1.82, 2.24) is 4.90 Å². The van der Waals surface area contributed by atoms with E-state index in [0.717, 1.165) is 25.9 Å². The van der Waals surface area contributed by atoms with Gasteiger partial charge in [0.1, 0.15) is 0 Å². The highest BCUT2D eigenvalue weighted by Crippen LogP contribution is 2.31. The lowest BCUT2D eigenvalue weighted by molar-refractivity contribution is -0.132. The number of carbonyl (C=O) groups is 1. The molecule has 1 heterocycles. The van der Waals surface area contributed by atoms with E-state index < -0.39 is 0 Å². The van der Waals surface area contributed by atoms with Gasteiger partial charge in [-0.2, -0.15) is 0 Å². The Hall–Kier alpha value is -0.0900. The van der Waals surface area contributed by atoms with Gasteiger partial charge < -0.3 is 9.64 Å². The second kappa shape index (κ2) is 3.96. The molecule has 1 atom stereocenters.